The van der Waals surface area contributed by atoms with Crippen LogP contribution >= 0.6 is 11.8 Å². The monoisotopic (exact) mass is 276 g/mol. The molecule has 0 aliphatic rings. The molecule has 0 amide bonds. The van der Waals surface area contributed by atoms with Gasteiger partial charge >= 0.3 is 5.97 Å². The number of aryl methyl sites for hydroxylation is 1. The van der Waals surface area contributed by atoms with Crippen LogP contribution in [0.5, 0.6) is 0 Å². The maximum absolute atomic E-state index is 11.9. The Morgan fingerprint density at radius 1 is 1.42 bits per heavy atom. The molecule has 19 heavy (non-hydrogen) atoms. The van der Waals surface area contributed by atoms with E-state index in [4.69, 9.17) is 4.74 Å². The summed E-state index contributed by atoms with van der Waals surface area (Å²) < 4.78 is 6.64. The molecule has 1 unspecified atom stereocenters. The number of rotatable bonds is 5. The SMILES string of the molecule is COC(=O)C(CSc1cnn(C)c1)c1ccccc1. The van der Waals surface area contributed by atoms with E-state index < -0.39 is 0 Å². The summed E-state index contributed by atoms with van der Waals surface area (Å²) in [4.78, 5) is 12.9. The smallest absolute Gasteiger partial charge is 0.313 e. The van der Waals surface area contributed by atoms with Crippen molar-refractivity contribution in [2.24, 2.45) is 7.05 Å². The normalized spacial score (nSPS) is 12.1. The fourth-order valence-electron chi connectivity index (χ4n) is 1.78. The van der Waals surface area contributed by atoms with Crippen molar-refractivity contribution >= 4 is 17.7 Å². The Kier molecular flexibility index (Phi) is 4.63. The molecule has 0 spiro atoms. The van der Waals surface area contributed by atoms with Crippen LogP contribution in [0.1, 0.15) is 11.5 Å². The third kappa shape index (κ3) is 3.61. The number of carbonyl (C=O) groups is 1. The van der Waals surface area contributed by atoms with Gasteiger partial charge in [0, 0.05) is 23.9 Å². The number of carbonyl (C=O) groups excluding carboxylic acids is 1. The molecule has 1 atom stereocenters. The highest BCUT2D eigenvalue weighted by molar-refractivity contribution is 7.99. The van der Waals surface area contributed by atoms with Gasteiger partial charge in [-0.15, -0.1) is 11.8 Å². The van der Waals surface area contributed by atoms with Crippen LogP contribution in [0, 0.1) is 0 Å². The molecule has 4 nitrogen and oxygen atoms in total. The van der Waals surface area contributed by atoms with E-state index in [0.717, 1.165) is 10.5 Å². The second-order valence-corrected chi connectivity index (χ2v) is 5.24. The summed E-state index contributed by atoms with van der Waals surface area (Å²) in [6.07, 6.45) is 3.73. The van der Waals surface area contributed by atoms with Gasteiger partial charge in [0.05, 0.1) is 19.2 Å². The third-order valence-corrected chi connectivity index (χ3v) is 3.83. The molecule has 2 aromatic rings. The maximum Gasteiger partial charge on any atom is 0.313 e. The van der Waals surface area contributed by atoms with Gasteiger partial charge in [-0.3, -0.25) is 9.48 Å². The van der Waals surface area contributed by atoms with Crippen molar-refractivity contribution in [1.82, 2.24) is 9.78 Å². The third-order valence-electron chi connectivity index (χ3n) is 2.79. The van der Waals surface area contributed by atoms with Crippen LogP contribution in [0.15, 0.2) is 47.6 Å². The number of ether oxygens (including phenoxy) is 1. The van der Waals surface area contributed by atoms with Crippen LogP contribution in [0.25, 0.3) is 0 Å². The minimum absolute atomic E-state index is 0.206. The van der Waals surface area contributed by atoms with E-state index >= 15 is 0 Å². The zero-order valence-electron chi connectivity index (χ0n) is 10.9. The summed E-state index contributed by atoms with van der Waals surface area (Å²) in [7, 11) is 3.30. The maximum atomic E-state index is 11.9. The Bertz CT molecular complexity index is 539. The Labute approximate surface area is 116 Å². The molecular weight excluding hydrogens is 260 g/mol. The van der Waals surface area contributed by atoms with Gasteiger partial charge in [0.25, 0.3) is 0 Å². The van der Waals surface area contributed by atoms with Gasteiger partial charge in [-0.05, 0) is 5.56 Å². The molecule has 0 N–H and O–H groups in total. The number of benzene rings is 1. The van der Waals surface area contributed by atoms with Crippen LogP contribution in [0.2, 0.25) is 0 Å². The lowest BCUT2D eigenvalue weighted by molar-refractivity contribution is -0.141. The number of esters is 1. The number of hydrogen-bond donors (Lipinski definition) is 0. The lowest BCUT2D eigenvalue weighted by atomic mass is 10.0. The largest absolute Gasteiger partial charge is 0.469 e. The van der Waals surface area contributed by atoms with Crippen LogP contribution in [0.3, 0.4) is 0 Å². The average Bonchev–Trinajstić information content (AvgIpc) is 2.85. The van der Waals surface area contributed by atoms with Crippen molar-refractivity contribution < 1.29 is 9.53 Å². The zero-order valence-corrected chi connectivity index (χ0v) is 11.8. The molecule has 1 heterocycles. The molecule has 0 saturated carbocycles. The fraction of sp³-hybridized carbons (Fsp3) is 0.286. The summed E-state index contributed by atoms with van der Waals surface area (Å²) in [5.41, 5.74) is 0.978. The lowest BCUT2D eigenvalue weighted by Crippen LogP contribution is -2.16. The average molecular weight is 276 g/mol. The second-order valence-electron chi connectivity index (χ2n) is 4.15. The summed E-state index contributed by atoms with van der Waals surface area (Å²) >= 11 is 1.60. The Hall–Kier alpha value is -1.75. The Morgan fingerprint density at radius 3 is 2.74 bits per heavy atom. The second kappa shape index (κ2) is 6.43. The number of aromatic nitrogens is 2. The van der Waals surface area contributed by atoms with Crippen LogP contribution in [0.4, 0.5) is 0 Å². The molecule has 0 saturated heterocycles. The van der Waals surface area contributed by atoms with Gasteiger partial charge in [0.1, 0.15) is 0 Å². The van der Waals surface area contributed by atoms with Crippen molar-refractivity contribution in [3.63, 3.8) is 0 Å². The molecule has 0 fully saturated rings. The van der Waals surface area contributed by atoms with E-state index in [2.05, 4.69) is 5.10 Å². The van der Waals surface area contributed by atoms with E-state index in [1.165, 1.54) is 7.11 Å². The van der Waals surface area contributed by atoms with Crippen molar-refractivity contribution in [1.29, 1.82) is 0 Å². The Morgan fingerprint density at radius 2 is 2.16 bits per heavy atom. The first kappa shape index (κ1) is 13.7. The highest BCUT2D eigenvalue weighted by Gasteiger charge is 2.21. The predicted molar refractivity (Wildman–Crippen MR) is 75.1 cm³/mol. The highest BCUT2D eigenvalue weighted by Crippen LogP contribution is 2.26. The van der Waals surface area contributed by atoms with Gasteiger partial charge < -0.3 is 4.74 Å². The molecule has 0 aliphatic heterocycles. The first-order valence-corrected chi connectivity index (χ1v) is 6.93. The van der Waals surface area contributed by atoms with E-state index in [1.54, 1.807) is 22.6 Å². The van der Waals surface area contributed by atoms with Gasteiger partial charge in [-0.1, -0.05) is 30.3 Å². The molecule has 1 aromatic carbocycles. The molecule has 5 heteroatoms. The molecular formula is C14H16N2O2S. The van der Waals surface area contributed by atoms with Crippen LogP contribution < -0.4 is 0 Å². The van der Waals surface area contributed by atoms with Gasteiger partial charge in [-0.25, -0.2) is 0 Å². The van der Waals surface area contributed by atoms with Gasteiger partial charge in [-0.2, -0.15) is 5.10 Å². The van der Waals surface area contributed by atoms with Crippen molar-refractivity contribution in [2.75, 3.05) is 12.9 Å². The minimum Gasteiger partial charge on any atom is -0.469 e. The van der Waals surface area contributed by atoms with E-state index in [-0.39, 0.29) is 11.9 Å². The minimum atomic E-state index is -0.253. The molecule has 0 bridgehead atoms. The van der Waals surface area contributed by atoms with E-state index in [1.807, 2.05) is 43.6 Å². The highest BCUT2D eigenvalue weighted by atomic mass is 32.2. The van der Waals surface area contributed by atoms with Crippen LogP contribution in [-0.2, 0) is 16.6 Å². The molecule has 0 radical (unpaired) electrons. The van der Waals surface area contributed by atoms with Gasteiger partial charge in [0.2, 0.25) is 0 Å². The summed E-state index contributed by atoms with van der Waals surface area (Å²) in [5, 5.41) is 4.11. The standard InChI is InChI=1S/C14H16N2O2S/c1-16-9-12(8-15-16)19-10-13(14(17)18-2)11-6-4-3-5-7-11/h3-9,13H,10H2,1-2H3. The zero-order chi connectivity index (χ0) is 13.7. The van der Waals surface area contributed by atoms with Crippen molar-refractivity contribution in [2.45, 2.75) is 10.8 Å². The molecule has 2 rings (SSSR count). The lowest BCUT2D eigenvalue weighted by Gasteiger charge is -2.14. The first-order valence-electron chi connectivity index (χ1n) is 5.95. The summed E-state index contributed by atoms with van der Waals surface area (Å²) in [6.45, 7) is 0. The summed E-state index contributed by atoms with van der Waals surface area (Å²) in [5.74, 6) is 0.182. The van der Waals surface area contributed by atoms with E-state index in [0.29, 0.717) is 5.75 Å². The predicted octanol–water partition coefficient (Wildman–Crippen LogP) is 2.47. The summed E-state index contributed by atoms with van der Waals surface area (Å²) in [6, 6.07) is 9.70. The van der Waals surface area contributed by atoms with Gasteiger partial charge in [0.15, 0.2) is 0 Å². The topological polar surface area (TPSA) is 44.1 Å². The van der Waals surface area contributed by atoms with Crippen molar-refractivity contribution in [3.8, 4) is 0 Å². The number of methoxy groups -OCH3 is 1. The quantitative estimate of drug-likeness (QED) is 0.621. The molecule has 100 valence electrons. The Balaban J connectivity index is 2.09. The molecule has 0 aliphatic carbocycles. The van der Waals surface area contributed by atoms with Crippen LogP contribution in [-0.4, -0.2) is 28.6 Å². The number of hydrogen-bond acceptors (Lipinski definition) is 4. The number of nitrogens with zero attached hydrogens (tertiary/aromatic N) is 2. The first-order chi connectivity index (χ1) is 9.20. The fourth-order valence-corrected chi connectivity index (χ4v) is 2.82. The van der Waals surface area contributed by atoms with Crippen molar-refractivity contribution in [3.05, 3.63) is 48.3 Å². The number of thioether (sulfide) groups is 1. The van der Waals surface area contributed by atoms with E-state index in [9.17, 15) is 4.79 Å². The molecule has 1 aromatic heterocycles.